The molecule has 0 unspecified atom stereocenters. The van der Waals surface area contributed by atoms with Crippen LogP contribution in [0.3, 0.4) is 0 Å². The van der Waals surface area contributed by atoms with Crippen LogP contribution in [-0.4, -0.2) is 31.1 Å². The third kappa shape index (κ3) is 4.27. The first-order valence-electron chi connectivity index (χ1n) is 5.27. The first-order valence-corrected chi connectivity index (χ1v) is 5.27. The quantitative estimate of drug-likeness (QED) is 0.707. The van der Waals surface area contributed by atoms with Crippen molar-refractivity contribution in [2.24, 2.45) is 0 Å². The summed E-state index contributed by atoms with van der Waals surface area (Å²) < 4.78 is 4.92. The lowest BCUT2D eigenvalue weighted by atomic mass is 10.3. The van der Waals surface area contributed by atoms with Crippen LogP contribution in [0.2, 0.25) is 0 Å². The Morgan fingerprint density at radius 3 is 2.88 bits per heavy atom. The van der Waals surface area contributed by atoms with Crippen LogP contribution in [0, 0.1) is 0 Å². The summed E-state index contributed by atoms with van der Waals surface area (Å²) in [5.74, 6) is 0.513. The van der Waals surface area contributed by atoms with E-state index in [1.54, 1.807) is 25.4 Å². The van der Waals surface area contributed by atoms with Gasteiger partial charge in [0.25, 0.3) is 0 Å². The second kappa shape index (κ2) is 6.79. The predicted molar refractivity (Wildman–Crippen MR) is 62.6 cm³/mol. The molecule has 0 bridgehead atoms. The number of ether oxygens (including phenoxy) is 1. The molecule has 0 spiro atoms. The number of hydrogen-bond acceptors (Lipinski definition) is 4. The van der Waals surface area contributed by atoms with E-state index in [9.17, 15) is 4.79 Å². The van der Waals surface area contributed by atoms with Crippen LogP contribution in [0.15, 0.2) is 18.3 Å². The molecule has 5 heteroatoms. The van der Waals surface area contributed by atoms with E-state index >= 15 is 0 Å². The van der Waals surface area contributed by atoms with Crippen LogP contribution in [0.1, 0.15) is 13.3 Å². The number of pyridine rings is 1. The number of nitrogens with one attached hydrogen (secondary N) is 2. The van der Waals surface area contributed by atoms with Crippen molar-refractivity contribution in [3.8, 4) is 5.88 Å². The Bertz CT molecular complexity index is 325. The average molecular weight is 223 g/mol. The zero-order valence-corrected chi connectivity index (χ0v) is 9.62. The third-order valence-corrected chi connectivity index (χ3v) is 2.01. The molecule has 5 nitrogen and oxygen atoms in total. The Kier molecular flexibility index (Phi) is 5.28. The van der Waals surface area contributed by atoms with Crippen LogP contribution in [0.25, 0.3) is 0 Å². The molecule has 0 fully saturated rings. The molecule has 16 heavy (non-hydrogen) atoms. The normalized spacial score (nSPS) is 9.88. The molecule has 0 saturated heterocycles. The number of rotatable bonds is 6. The van der Waals surface area contributed by atoms with Crippen molar-refractivity contribution in [1.29, 1.82) is 0 Å². The number of amides is 1. The maximum atomic E-state index is 11.4. The number of anilines is 1. The van der Waals surface area contributed by atoms with Crippen LogP contribution in [-0.2, 0) is 4.79 Å². The van der Waals surface area contributed by atoms with Crippen LogP contribution < -0.4 is 15.4 Å². The van der Waals surface area contributed by atoms with Gasteiger partial charge in [-0.05, 0) is 12.6 Å². The molecule has 88 valence electrons. The number of carbonyl (C=O) groups excluding carboxylic acids is 1. The minimum Gasteiger partial charge on any atom is -0.481 e. The Balaban J connectivity index is 2.37. The van der Waals surface area contributed by atoms with Gasteiger partial charge in [0.1, 0.15) is 0 Å². The van der Waals surface area contributed by atoms with E-state index < -0.39 is 0 Å². The lowest BCUT2D eigenvalue weighted by Crippen LogP contribution is -2.21. The highest BCUT2D eigenvalue weighted by Gasteiger charge is 2.02. The fourth-order valence-electron chi connectivity index (χ4n) is 1.18. The fourth-order valence-corrected chi connectivity index (χ4v) is 1.18. The van der Waals surface area contributed by atoms with Gasteiger partial charge in [-0.2, -0.15) is 0 Å². The van der Waals surface area contributed by atoms with Crippen molar-refractivity contribution in [3.05, 3.63) is 18.3 Å². The van der Waals surface area contributed by atoms with E-state index in [1.165, 1.54) is 0 Å². The van der Waals surface area contributed by atoms with Crippen molar-refractivity contribution in [2.45, 2.75) is 13.3 Å². The molecule has 0 radical (unpaired) electrons. The van der Waals surface area contributed by atoms with Gasteiger partial charge in [0.2, 0.25) is 11.8 Å². The van der Waals surface area contributed by atoms with Crippen molar-refractivity contribution >= 4 is 11.6 Å². The van der Waals surface area contributed by atoms with Gasteiger partial charge in [0.05, 0.1) is 19.0 Å². The van der Waals surface area contributed by atoms with Gasteiger partial charge in [-0.3, -0.25) is 4.79 Å². The molecule has 1 heterocycles. The monoisotopic (exact) mass is 223 g/mol. The SMILES string of the molecule is CCNCCC(=O)Nc1ccc(OC)nc1. The highest BCUT2D eigenvalue weighted by Crippen LogP contribution is 2.10. The lowest BCUT2D eigenvalue weighted by Gasteiger charge is -2.05. The lowest BCUT2D eigenvalue weighted by molar-refractivity contribution is -0.116. The van der Waals surface area contributed by atoms with E-state index in [2.05, 4.69) is 15.6 Å². The molecule has 0 aliphatic carbocycles. The number of aromatic nitrogens is 1. The molecular formula is C11H17N3O2. The molecule has 0 aliphatic rings. The van der Waals surface area contributed by atoms with Gasteiger partial charge < -0.3 is 15.4 Å². The largest absolute Gasteiger partial charge is 0.481 e. The summed E-state index contributed by atoms with van der Waals surface area (Å²) in [6, 6.07) is 3.47. The minimum absolute atomic E-state index is 0.0204. The highest BCUT2D eigenvalue weighted by atomic mass is 16.5. The van der Waals surface area contributed by atoms with E-state index in [0.29, 0.717) is 24.5 Å². The first kappa shape index (κ1) is 12.4. The van der Waals surface area contributed by atoms with Crippen LogP contribution >= 0.6 is 0 Å². The van der Waals surface area contributed by atoms with Crippen LogP contribution in [0.4, 0.5) is 5.69 Å². The summed E-state index contributed by atoms with van der Waals surface area (Å²) in [4.78, 5) is 15.4. The molecule has 0 atom stereocenters. The van der Waals surface area contributed by atoms with Gasteiger partial charge in [0, 0.05) is 19.0 Å². The van der Waals surface area contributed by atoms with E-state index in [0.717, 1.165) is 6.54 Å². The van der Waals surface area contributed by atoms with Crippen molar-refractivity contribution < 1.29 is 9.53 Å². The smallest absolute Gasteiger partial charge is 0.225 e. The summed E-state index contributed by atoms with van der Waals surface area (Å²) in [6.07, 6.45) is 2.03. The highest BCUT2D eigenvalue weighted by molar-refractivity contribution is 5.90. The van der Waals surface area contributed by atoms with E-state index in [-0.39, 0.29) is 5.91 Å². The van der Waals surface area contributed by atoms with Gasteiger partial charge in [0.15, 0.2) is 0 Å². The Morgan fingerprint density at radius 1 is 1.50 bits per heavy atom. The molecular weight excluding hydrogens is 206 g/mol. The van der Waals surface area contributed by atoms with E-state index in [1.807, 2.05) is 6.92 Å². The minimum atomic E-state index is -0.0204. The van der Waals surface area contributed by atoms with Crippen LogP contribution in [0.5, 0.6) is 5.88 Å². The zero-order chi connectivity index (χ0) is 11.8. The van der Waals surface area contributed by atoms with Crippen molar-refractivity contribution in [3.63, 3.8) is 0 Å². The molecule has 0 aliphatic heterocycles. The van der Waals surface area contributed by atoms with Gasteiger partial charge in [-0.1, -0.05) is 6.92 Å². The summed E-state index contributed by atoms with van der Waals surface area (Å²) in [5, 5.41) is 5.84. The fraction of sp³-hybridized carbons (Fsp3) is 0.455. The second-order valence-corrected chi connectivity index (χ2v) is 3.24. The Morgan fingerprint density at radius 2 is 2.31 bits per heavy atom. The molecule has 1 aromatic heterocycles. The zero-order valence-electron chi connectivity index (χ0n) is 9.62. The summed E-state index contributed by atoms with van der Waals surface area (Å²) >= 11 is 0. The maximum Gasteiger partial charge on any atom is 0.225 e. The number of methoxy groups -OCH3 is 1. The second-order valence-electron chi connectivity index (χ2n) is 3.24. The van der Waals surface area contributed by atoms with Crippen molar-refractivity contribution in [1.82, 2.24) is 10.3 Å². The number of hydrogen-bond donors (Lipinski definition) is 2. The average Bonchev–Trinajstić information content (AvgIpc) is 2.30. The summed E-state index contributed by atoms with van der Waals surface area (Å²) in [7, 11) is 1.55. The van der Waals surface area contributed by atoms with Gasteiger partial charge in [-0.25, -0.2) is 4.98 Å². The third-order valence-electron chi connectivity index (χ3n) is 2.01. The molecule has 0 saturated carbocycles. The molecule has 1 amide bonds. The topological polar surface area (TPSA) is 63.2 Å². The number of carbonyl (C=O) groups is 1. The molecule has 2 N–H and O–H groups in total. The standard InChI is InChI=1S/C11H17N3O2/c1-3-12-7-6-10(15)14-9-4-5-11(16-2)13-8-9/h4-5,8,12H,3,6-7H2,1-2H3,(H,14,15). The number of nitrogens with zero attached hydrogens (tertiary/aromatic N) is 1. The molecule has 1 aromatic rings. The first-order chi connectivity index (χ1) is 7.76. The predicted octanol–water partition coefficient (Wildman–Crippen LogP) is 1.03. The van der Waals surface area contributed by atoms with E-state index in [4.69, 9.17) is 4.74 Å². The molecule has 0 aromatic carbocycles. The Hall–Kier alpha value is -1.62. The molecule has 1 rings (SSSR count). The summed E-state index contributed by atoms with van der Waals surface area (Å²) in [6.45, 7) is 3.56. The Labute approximate surface area is 95.2 Å². The van der Waals surface area contributed by atoms with Gasteiger partial charge >= 0.3 is 0 Å². The summed E-state index contributed by atoms with van der Waals surface area (Å²) in [5.41, 5.74) is 0.683. The van der Waals surface area contributed by atoms with Gasteiger partial charge in [-0.15, -0.1) is 0 Å². The maximum absolute atomic E-state index is 11.4. The van der Waals surface area contributed by atoms with Crippen molar-refractivity contribution in [2.75, 3.05) is 25.5 Å².